The second-order valence-electron chi connectivity index (χ2n) is 6.28. The Bertz CT molecular complexity index is 415. The maximum absolute atomic E-state index is 3.90. The monoisotopic (exact) mass is 278 g/mol. The van der Waals surface area contributed by atoms with E-state index in [4.69, 9.17) is 0 Å². The molecule has 3 rings (SSSR count). The number of nitrogens with zero attached hydrogens (tertiary/aromatic N) is 1. The first-order valence-corrected chi connectivity index (χ1v) is 8.59. The van der Waals surface area contributed by atoms with Gasteiger partial charge in [-0.1, -0.05) is 6.42 Å². The summed E-state index contributed by atoms with van der Waals surface area (Å²) in [5.74, 6) is 0. The Hall–Kier alpha value is -0.380. The van der Waals surface area contributed by atoms with Gasteiger partial charge in [0.25, 0.3) is 0 Å². The molecule has 3 heterocycles. The fraction of sp³-hybridized carbons (Fsp3) is 0.750. The normalized spacial score (nSPS) is 29.4. The SMILES string of the molecule is Cc1ccc(CC(C)NC2CCN3CCCCC23)s1. The minimum Gasteiger partial charge on any atom is -0.310 e. The molecule has 3 heteroatoms. The lowest BCUT2D eigenvalue weighted by atomic mass is 9.98. The number of fused-ring (bicyclic) bond motifs is 1. The molecule has 2 aliphatic rings. The molecule has 1 aromatic rings. The third kappa shape index (κ3) is 3.21. The highest BCUT2D eigenvalue weighted by Gasteiger charge is 2.35. The number of aryl methyl sites for hydroxylation is 1. The summed E-state index contributed by atoms with van der Waals surface area (Å²) in [6, 6.07) is 6.69. The molecule has 3 unspecified atom stereocenters. The molecular formula is C16H26N2S. The van der Waals surface area contributed by atoms with E-state index in [9.17, 15) is 0 Å². The van der Waals surface area contributed by atoms with E-state index in [1.807, 2.05) is 11.3 Å². The second-order valence-corrected chi connectivity index (χ2v) is 7.65. The van der Waals surface area contributed by atoms with Crippen LogP contribution in [0.15, 0.2) is 12.1 Å². The summed E-state index contributed by atoms with van der Waals surface area (Å²) in [7, 11) is 0. The topological polar surface area (TPSA) is 15.3 Å². The van der Waals surface area contributed by atoms with E-state index in [1.54, 1.807) is 0 Å². The summed E-state index contributed by atoms with van der Waals surface area (Å²) in [6.07, 6.45) is 6.77. The lowest BCUT2D eigenvalue weighted by molar-refractivity contribution is 0.177. The maximum atomic E-state index is 3.90. The van der Waals surface area contributed by atoms with Gasteiger partial charge in [0.1, 0.15) is 0 Å². The van der Waals surface area contributed by atoms with Gasteiger partial charge in [0.15, 0.2) is 0 Å². The minimum atomic E-state index is 0.602. The summed E-state index contributed by atoms with van der Waals surface area (Å²) in [5.41, 5.74) is 0. The third-order valence-corrected chi connectivity index (χ3v) is 5.68. The molecule has 19 heavy (non-hydrogen) atoms. The van der Waals surface area contributed by atoms with Crippen LogP contribution in [0.2, 0.25) is 0 Å². The van der Waals surface area contributed by atoms with Crippen molar-refractivity contribution < 1.29 is 0 Å². The Morgan fingerprint density at radius 2 is 2.21 bits per heavy atom. The smallest absolute Gasteiger partial charge is 0.0249 e. The zero-order valence-corrected chi connectivity index (χ0v) is 13.0. The van der Waals surface area contributed by atoms with Crippen molar-refractivity contribution in [2.24, 2.45) is 0 Å². The summed E-state index contributed by atoms with van der Waals surface area (Å²) in [5, 5.41) is 3.90. The standard InChI is InChI=1S/C16H26N2S/c1-12(11-14-7-6-13(2)19-14)17-15-8-10-18-9-4-3-5-16(15)18/h6-7,12,15-17H,3-5,8-11H2,1-2H3. The van der Waals surface area contributed by atoms with E-state index in [-0.39, 0.29) is 0 Å². The summed E-state index contributed by atoms with van der Waals surface area (Å²) in [4.78, 5) is 5.67. The molecule has 0 spiro atoms. The number of thiophene rings is 1. The summed E-state index contributed by atoms with van der Waals surface area (Å²) in [6.45, 7) is 7.19. The molecule has 2 fully saturated rings. The van der Waals surface area contributed by atoms with Crippen LogP contribution >= 0.6 is 11.3 Å². The van der Waals surface area contributed by atoms with Gasteiger partial charge in [0.05, 0.1) is 0 Å². The van der Waals surface area contributed by atoms with Gasteiger partial charge in [-0.15, -0.1) is 11.3 Å². The third-order valence-electron chi connectivity index (χ3n) is 4.66. The fourth-order valence-electron chi connectivity index (χ4n) is 3.76. The van der Waals surface area contributed by atoms with Crippen molar-refractivity contribution in [2.75, 3.05) is 13.1 Å². The average molecular weight is 278 g/mol. The number of hydrogen-bond donors (Lipinski definition) is 1. The van der Waals surface area contributed by atoms with Gasteiger partial charge in [-0.3, -0.25) is 4.90 Å². The van der Waals surface area contributed by atoms with E-state index in [1.165, 1.54) is 54.9 Å². The first-order chi connectivity index (χ1) is 9.22. The van der Waals surface area contributed by atoms with Crippen molar-refractivity contribution in [3.63, 3.8) is 0 Å². The second kappa shape index (κ2) is 5.94. The number of hydrogen-bond acceptors (Lipinski definition) is 3. The Morgan fingerprint density at radius 1 is 1.32 bits per heavy atom. The average Bonchev–Trinajstić information content (AvgIpc) is 2.97. The van der Waals surface area contributed by atoms with Gasteiger partial charge < -0.3 is 5.32 Å². The van der Waals surface area contributed by atoms with Gasteiger partial charge in [-0.2, -0.15) is 0 Å². The van der Waals surface area contributed by atoms with E-state index in [0.717, 1.165) is 12.1 Å². The van der Waals surface area contributed by atoms with Gasteiger partial charge in [0, 0.05) is 34.4 Å². The van der Waals surface area contributed by atoms with Crippen LogP contribution in [0.1, 0.15) is 42.4 Å². The van der Waals surface area contributed by atoms with Gasteiger partial charge in [-0.05, 0) is 58.2 Å². The molecule has 0 amide bonds. The van der Waals surface area contributed by atoms with Crippen LogP contribution in [0.5, 0.6) is 0 Å². The fourth-order valence-corrected chi connectivity index (χ4v) is 4.78. The Labute approximate surface area is 121 Å². The molecule has 0 aliphatic carbocycles. The van der Waals surface area contributed by atoms with Crippen LogP contribution in [0.25, 0.3) is 0 Å². The molecule has 0 aromatic carbocycles. The van der Waals surface area contributed by atoms with Crippen molar-refractivity contribution in [1.29, 1.82) is 0 Å². The van der Waals surface area contributed by atoms with E-state index in [2.05, 4.69) is 36.2 Å². The van der Waals surface area contributed by atoms with Gasteiger partial charge >= 0.3 is 0 Å². The highest BCUT2D eigenvalue weighted by Crippen LogP contribution is 2.27. The molecule has 3 atom stereocenters. The van der Waals surface area contributed by atoms with Crippen molar-refractivity contribution in [3.8, 4) is 0 Å². The number of piperidine rings is 1. The first kappa shape index (κ1) is 13.6. The van der Waals surface area contributed by atoms with Crippen molar-refractivity contribution >= 4 is 11.3 Å². The summed E-state index contributed by atoms with van der Waals surface area (Å²) < 4.78 is 0. The van der Waals surface area contributed by atoms with Gasteiger partial charge in [-0.25, -0.2) is 0 Å². The van der Waals surface area contributed by atoms with Crippen LogP contribution in [0.4, 0.5) is 0 Å². The lowest BCUT2D eigenvalue weighted by Crippen LogP contribution is -2.47. The predicted octanol–water partition coefficient (Wildman–Crippen LogP) is 3.20. The molecule has 2 aliphatic heterocycles. The molecule has 0 saturated carbocycles. The predicted molar refractivity (Wildman–Crippen MR) is 83.0 cm³/mol. The molecule has 1 N–H and O–H groups in total. The van der Waals surface area contributed by atoms with Crippen LogP contribution < -0.4 is 5.32 Å². The minimum absolute atomic E-state index is 0.602. The Balaban J connectivity index is 1.53. The van der Waals surface area contributed by atoms with Crippen molar-refractivity contribution in [1.82, 2.24) is 10.2 Å². The van der Waals surface area contributed by atoms with Crippen LogP contribution in [-0.2, 0) is 6.42 Å². The largest absolute Gasteiger partial charge is 0.310 e. The van der Waals surface area contributed by atoms with Crippen molar-refractivity contribution in [2.45, 2.75) is 64.1 Å². The van der Waals surface area contributed by atoms with Crippen molar-refractivity contribution in [3.05, 3.63) is 21.9 Å². The molecule has 106 valence electrons. The molecule has 2 nitrogen and oxygen atoms in total. The lowest BCUT2D eigenvalue weighted by Gasteiger charge is -2.33. The Kier molecular flexibility index (Phi) is 4.25. The first-order valence-electron chi connectivity index (χ1n) is 7.78. The Morgan fingerprint density at radius 3 is 3.00 bits per heavy atom. The van der Waals surface area contributed by atoms with Crippen LogP contribution in [0, 0.1) is 6.92 Å². The molecule has 1 aromatic heterocycles. The van der Waals surface area contributed by atoms with E-state index in [0.29, 0.717) is 6.04 Å². The quantitative estimate of drug-likeness (QED) is 0.910. The summed E-state index contributed by atoms with van der Waals surface area (Å²) >= 11 is 1.95. The van der Waals surface area contributed by atoms with E-state index >= 15 is 0 Å². The number of nitrogens with one attached hydrogen (secondary N) is 1. The van der Waals surface area contributed by atoms with E-state index < -0.39 is 0 Å². The van der Waals surface area contributed by atoms with Crippen LogP contribution in [0.3, 0.4) is 0 Å². The zero-order valence-electron chi connectivity index (χ0n) is 12.2. The van der Waals surface area contributed by atoms with Crippen LogP contribution in [-0.4, -0.2) is 36.1 Å². The molecule has 0 radical (unpaired) electrons. The highest BCUT2D eigenvalue weighted by molar-refractivity contribution is 7.11. The molecular weight excluding hydrogens is 252 g/mol. The highest BCUT2D eigenvalue weighted by atomic mass is 32.1. The van der Waals surface area contributed by atoms with Gasteiger partial charge in [0.2, 0.25) is 0 Å². The zero-order chi connectivity index (χ0) is 13.2. The molecule has 2 saturated heterocycles. The number of rotatable bonds is 4. The maximum Gasteiger partial charge on any atom is 0.0249 e. The molecule has 0 bridgehead atoms.